The Kier molecular flexibility index (Phi) is 4.58. The Bertz CT molecular complexity index is 939. The van der Waals surface area contributed by atoms with Crippen LogP contribution in [0.2, 0.25) is 5.02 Å². The quantitative estimate of drug-likeness (QED) is 0.743. The van der Waals surface area contributed by atoms with Crippen LogP contribution in [0.25, 0.3) is 0 Å². The number of carbonyl (C=O) groups excluding carboxylic acids is 2. The van der Waals surface area contributed by atoms with Crippen molar-refractivity contribution in [2.75, 3.05) is 0 Å². The fourth-order valence-electron chi connectivity index (χ4n) is 6.18. The largest absolute Gasteiger partial charge is 0.271 e. The normalized spacial score (nSPS) is 29.5. The number of hydrogen-bond donors (Lipinski definition) is 2. The Balaban J connectivity index is 1.31. The summed E-state index contributed by atoms with van der Waals surface area (Å²) in [5, 5.41) is 0.340. The third-order valence-corrected chi connectivity index (χ3v) is 7.34. The molecule has 5 nitrogen and oxygen atoms in total. The molecule has 0 radical (unpaired) electrons. The van der Waals surface area contributed by atoms with E-state index >= 15 is 0 Å². The average Bonchev–Trinajstić information content (AvgIpc) is 2.71. The van der Waals surface area contributed by atoms with Crippen LogP contribution in [0, 0.1) is 17.8 Å². The number of pyridine rings is 1. The predicted molar refractivity (Wildman–Crippen MR) is 110 cm³/mol. The van der Waals surface area contributed by atoms with Crippen LogP contribution >= 0.6 is 11.6 Å². The zero-order valence-electron chi connectivity index (χ0n) is 16.2. The second-order valence-electron chi connectivity index (χ2n) is 9.02. The number of amides is 2. The van der Waals surface area contributed by atoms with Gasteiger partial charge in [0.1, 0.15) is 0 Å². The topological polar surface area (TPSA) is 71.1 Å². The van der Waals surface area contributed by atoms with Gasteiger partial charge in [0, 0.05) is 22.9 Å². The lowest BCUT2D eigenvalue weighted by atomic mass is 9.48. The second kappa shape index (κ2) is 7.13. The number of nitrogens with one attached hydrogen (secondary N) is 2. The molecule has 4 fully saturated rings. The molecule has 29 heavy (non-hydrogen) atoms. The Morgan fingerprint density at radius 1 is 0.931 bits per heavy atom. The maximum atomic E-state index is 12.7. The summed E-state index contributed by atoms with van der Waals surface area (Å²) in [5.41, 5.74) is 6.96. The molecule has 0 unspecified atom stereocenters. The van der Waals surface area contributed by atoms with Crippen molar-refractivity contribution in [3.05, 3.63) is 64.4 Å². The lowest BCUT2D eigenvalue weighted by Crippen LogP contribution is -2.49. The van der Waals surface area contributed by atoms with E-state index in [4.69, 9.17) is 11.6 Å². The highest BCUT2D eigenvalue weighted by atomic mass is 35.5. The zero-order valence-corrected chi connectivity index (χ0v) is 16.9. The highest BCUT2D eigenvalue weighted by Gasteiger charge is 2.52. The average molecular weight is 410 g/mol. The first-order valence-corrected chi connectivity index (χ1v) is 10.7. The molecular weight excluding hydrogens is 386 g/mol. The van der Waals surface area contributed by atoms with Crippen LogP contribution in [0.1, 0.15) is 64.9 Å². The van der Waals surface area contributed by atoms with Gasteiger partial charge in [0.2, 0.25) is 0 Å². The predicted octanol–water partition coefficient (Wildman–Crippen LogP) is 4.28. The summed E-state index contributed by atoms with van der Waals surface area (Å²) in [6, 6.07) is 10.3. The van der Waals surface area contributed by atoms with E-state index < -0.39 is 5.91 Å². The van der Waals surface area contributed by atoms with E-state index in [0.717, 1.165) is 23.4 Å². The van der Waals surface area contributed by atoms with Crippen molar-refractivity contribution >= 4 is 23.4 Å². The molecule has 0 spiro atoms. The molecule has 0 atom stereocenters. The molecule has 4 saturated carbocycles. The summed E-state index contributed by atoms with van der Waals surface area (Å²) >= 11 is 6.04. The van der Waals surface area contributed by atoms with E-state index in [1.165, 1.54) is 38.5 Å². The Hall–Kier alpha value is -2.40. The van der Waals surface area contributed by atoms with Crippen LogP contribution < -0.4 is 10.9 Å². The molecule has 0 aliphatic heterocycles. The highest BCUT2D eigenvalue weighted by Crippen LogP contribution is 2.60. The summed E-state index contributed by atoms with van der Waals surface area (Å²) in [4.78, 5) is 29.6. The number of aromatic nitrogens is 1. The number of rotatable bonds is 3. The Labute approximate surface area is 175 Å². The minimum Gasteiger partial charge on any atom is -0.267 e. The molecule has 0 saturated heterocycles. The van der Waals surface area contributed by atoms with E-state index in [1.54, 1.807) is 36.5 Å². The lowest BCUT2D eigenvalue weighted by molar-refractivity contribution is -0.00722. The fourth-order valence-corrected chi connectivity index (χ4v) is 6.41. The van der Waals surface area contributed by atoms with Crippen LogP contribution in [0.4, 0.5) is 0 Å². The van der Waals surface area contributed by atoms with Crippen molar-refractivity contribution in [3.63, 3.8) is 0 Å². The minimum absolute atomic E-state index is 0.131. The summed E-state index contributed by atoms with van der Waals surface area (Å²) in [7, 11) is 0. The lowest BCUT2D eigenvalue weighted by Gasteiger charge is -2.56. The first-order valence-electron chi connectivity index (χ1n) is 10.3. The van der Waals surface area contributed by atoms with Crippen molar-refractivity contribution in [1.29, 1.82) is 0 Å². The van der Waals surface area contributed by atoms with Crippen LogP contribution in [-0.4, -0.2) is 16.8 Å². The number of carbonyl (C=O) groups is 2. The van der Waals surface area contributed by atoms with Crippen molar-refractivity contribution in [3.8, 4) is 0 Å². The molecule has 1 aromatic heterocycles. The maximum Gasteiger partial charge on any atom is 0.271 e. The zero-order chi connectivity index (χ0) is 20.0. The van der Waals surface area contributed by atoms with Gasteiger partial charge in [-0.2, -0.15) is 0 Å². The Morgan fingerprint density at radius 3 is 2.21 bits per heavy atom. The fraction of sp³-hybridized carbons (Fsp3) is 0.435. The molecule has 4 bridgehead atoms. The van der Waals surface area contributed by atoms with Crippen molar-refractivity contribution in [2.24, 2.45) is 17.8 Å². The van der Waals surface area contributed by atoms with Crippen LogP contribution in [0.5, 0.6) is 0 Å². The summed E-state index contributed by atoms with van der Waals surface area (Å²) < 4.78 is 0. The van der Waals surface area contributed by atoms with Gasteiger partial charge in [0.25, 0.3) is 11.8 Å². The first kappa shape index (κ1) is 18.6. The molecule has 150 valence electrons. The van der Waals surface area contributed by atoms with Gasteiger partial charge in [0.15, 0.2) is 0 Å². The molecule has 1 heterocycles. The number of benzene rings is 1. The molecule has 2 N–H and O–H groups in total. The van der Waals surface area contributed by atoms with Gasteiger partial charge in [-0.15, -0.1) is 0 Å². The van der Waals surface area contributed by atoms with Crippen LogP contribution in [0.15, 0.2) is 42.6 Å². The molecule has 2 amide bonds. The van der Waals surface area contributed by atoms with Gasteiger partial charge < -0.3 is 0 Å². The molecule has 6 rings (SSSR count). The summed E-state index contributed by atoms with van der Waals surface area (Å²) in [6.45, 7) is 0. The van der Waals surface area contributed by atoms with Gasteiger partial charge >= 0.3 is 0 Å². The maximum absolute atomic E-state index is 12.7. The van der Waals surface area contributed by atoms with Crippen molar-refractivity contribution in [2.45, 2.75) is 43.9 Å². The van der Waals surface area contributed by atoms with E-state index in [1.807, 2.05) is 6.07 Å². The third kappa shape index (κ3) is 3.42. The first-order chi connectivity index (χ1) is 14.0. The standard InChI is InChI=1S/C23H24ClN3O2/c24-19-4-2-1-3-18(19)22(29)27-26-21(28)17-5-6-25-20(10-17)23-11-14-7-15(12-23)9-16(8-14)13-23/h1-6,10,14-16H,7-9,11-13H2,(H,26,28)(H,27,29). The van der Waals surface area contributed by atoms with Crippen LogP contribution in [0.3, 0.4) is 0 Å². The molecule has 4 aliphatic rings. The summed E-state index contributed by atoms with van der Waals surface area (Å²) in [6.07, 6.45) is 9.41. The SMILES string of the molecule is O=C(NNC(=O)c1ccccc1Cl)c1ccnc(C23CC4CC(CC(C4)C2)C3)c1. The second-order valence-corrected chi connectivity index (χ2v) is 9.42. The van der Waals surface area contributed by atoms with Crippen molar-refractivity contribution in [1.82, 2.24) is 15.8 Å². The van der Waals surface area contributed by atoms with E-state index in [9.17, 15) is 9.59 Å². The molecule has 1 aromatic carbocycles. The van der Waals surface area contributed by atoms with E-state index in [-0.39, 0.29) is 11.3 Å². The number of hydrogen-bond acceptors (Lipinski definition) is 3. The van der Waals surface area contributed by atoms with E-state index in [0.29, 0.717) is 16.1 Å². The molecule has 6 heteroatoms. The highest BCUT2D eigenvalue weighted by molar-refractivity contribution is 6.33. The smallest absolute Gasteiger partial charge is 0.267 e. The van der Waals surface area contributed by atoms with Gasteiger partial charge in [-0.1, -0.05) is 23.7 Å². The monoisotopic (exact) mass is 409 g/mol. The number of hydrazine groups is 1. The van der Waals surface area contributed by atoms with Gasteiger partial charge in [-0.25, -0.2) is 0 Å². The molecule has 4 aliphatic carbocycles. The van der Waals surface area contributed by atoms with E-state index in [2.05, 4.69) is 15.8 Å². The molecular formula is C23H24ClN3O2. The minimum atomic E-state index is -0.445. The summed E-state index contributed by atoms with van der Waals surface area (Å²) in [5.74, 6) is 1.65. The third-order valence-electron chi connectivity index (χ3n) is 7.01. The number of halogens is 1. The van der Waals surface area contributed by atoms with Gasteiger partial charge in [0.05, 0.1) is 10.6 Å². The van der Waals surface area contributed by atoms with Gasteiger partial charge in [-0.05, 0) is 80.5 Å². The van der Waals surface area contributed by atoms with Crippen LogP contribution in [-0.2, 0) is 5.41 Å². The van der Waals surface area contributed by atoms with Crippen molar-refractivity contribution < 1.29 is 9.59 Å². The molecule has 2 aromatic rings. The van der Waals surface area contributed by atoms with Gasteiger partial charge in [-0.3, -0.25) is 25.4 Å². The Morgan fingerprint density at radius 2 is 1.55 bits per heavy atom. The number of nitrogens with zero attached hydrogens (tertiary/aromatic N) is 1.